The average molecular weight is 253 g/mol. The van der Waals surface area contributed by atoms with Gasteiger partial charge in [-0.15, -0.1) is 0 Å². The molecule has 3 nitrogen and oxygen atoms in total. The van der Waals surface area contributed by atoms with Crippen LogP contribution in [0.5, 0.6) is 0 Å². The van der Waals surface area contributed by atoms with Crippen molar-refractivity contribution in [1.82, 2.24) is 4.90 Å². The molecule has 2 heterocycles. The Bertz CT molecular complexity index is 274. The largest absolute Gasteiger partial charge is 0.396 e. The van der Waals surface area contributed by atoms with Crippen molar-refractivity contribution in [2.24, 2.45) is 5.41 Å². The van der Waals surface area contributed by atoms with Gasteiger partial charge in [-0.1, -0.05) is 19.3 Å². The van der Waals surface area contributed by atoms with Gasteiger partial charge in [-0.2, -0.15) is 0 Å². The van der Waals surface area contributed by atoms with Gasteiger partial charge in [0.25, 0.3) is 0 Å². The summed E-state index contributed by atoms with van der Waals surface area (Å²) in [6, 6.07) is 1.17. The zero-order valence-corrected chi connectivity index (χ0v) is 11.4. The highest BCUT2D eigenvalue weighted by molar-refractivity contribution is 4.98. The Hall–Kier alpha value is -0.120. The summed E-state index contributed by atoms with van der Waals surface area (Å²) in [5.41, 5.74) is 0.168. The molecule has 2 saturated heterocycles. The van der Waals surface area contributed by atoms with E-state index in [1.807, 2.05) is 0 Å². The van der Waals surface area contributed by atoms with E-state index in [1.165, 1.54) is 44.9 Å². The average Bonchev–Trinajstić information content (AvgIpc) is 2.62. The lowest BCUT2D eigenvalue weighted by molar-refractivity contribution is -0.0191. The fourth-order valence-electron chi connectivity index (χ4n) is 4.56. The van der Waals surface area contributed by atoms with Crippen molar-refractivity contribution in [2.75, 3.05) is 13.2 Å². The second kappa shape index (κ2) is 5.10. The lowest BCUT2D eigenvalue weighted by Crippen LogP contribution is -2.51. The summed E-state index contributed by atoms with van der Waals surface area (Å²) in [4.78, 5) is 2.63. The second-order valence-electron chi connectivity index (χ2n) is 6.90. The topological polar surface area (TPSA) is 43.7 Å². The van der Waals surface area contributed by atoms with Crippen molar-refractivity contribution in [3.05, 3.63) is 0 Å². The maximum atomic E-state index is 9.86. The molecule has 0 spiro atoms. The van der Waals surface area contributed by atoms with Gasteiger partial charge in [0.2, 0.25) is 0 Å². The highest BCUT2D eigenvalue weighted by Gasteiger charge is 2.44. The number of hydrogen-bond acceptors (Lipinski definition) is 3. The summed E-state index contributed by atoms with van der Waals surface area (Å²) in [5, 5.41) is 19.7. The number of aliphatic hydroxyl groups excluding tert-OH is 2. The summed E-state index contributed by atoms with van der Waals surface area (Å²) in [6.45, 7) is 1.43. The van der Waals surface area contributed by atoms with Gasteiger partial charge < -0.3 is 10.2 Å². The molecule has 0 amide bonds. The van der Waals surface area contributed by atoms with Gasteiger partial charge in [0, 0.05) is 30.7 Å². The molecule has 2 unspecified atom stereocenters. The number of piperidine rings is 1. The van der Waals surface area contributed by atoms with Gasteiger partial charge in [0.1, 0.15) is 0 Å². The third-order valence-corrected chi connectivity index (χ3v) is 5.63. The Morgan fingerprint density at radius 3 is 2.17 bits per heavy atom. The lowest BCUT2D eigenvalue weighted by Gasteiger charge is -2.45. The van der Waals surface area contributed by atoms with Crippen LogP contribution in [0.1, 0.15) is 57.8 Å². The van der Waals surface area contributed by atoms with Crippen molar-refractivity contribution in [3.63, 3.8) is 0 Å². The summed E-state index contributed by atoms with van der Waals surface area (Å²) in [6.07, 6.45) is 10.6. The van der Waals surface area contributed by atoms with Crippen LogP contribution in [-0.2, 0) is 0 Å². The monoisotopic (exact) mass is 253 g/mol. The van der Waals surface area contributed by atoms with Crippen LogP contribution < -0.4 is 0 Å². The van der Waals surface area contributed by atoms with E-state index in [0.29, 0.717) is 18.7 Å². The van der Waals surface area contributed by atoms with Crippen LogP contribution in [0.2, 0.25) is 0 Å². The minimum atomic E-state index is -0.0739. The molecule has 3 aliphatic rings. The van der Waals surface area contributed by atoms with Crippen LogP contribution in [0.25, 0.3) is 0 Å². The van der Waals surface area contributed by atoms with Crippen LogP contribution in [0.3, 0.4) is 0 Å². The molecule has 0 radical (unpaired) electrons. The van der Waals surface area contributed by atoms with E-state index in [0.717, 1.165) is 19.4 Å². The van der Waals surface area contributed by atoms with Crippen LogP contribution in [0.15, 0.2) is 0 Å². The van der Waals surface area contributed by atoms with E-state index >= 15 is 0 Å². The third kappa shape index (κ3) is 2.33. The number of fused-ring (bicyclic) bond motifs is 2. The van der Waals surface area contributed by atoms with E-state index in [1.54, 1.807) is 0 Å². The van der Waals surface area contributed by atoms with Gasteiger partial charge in [-0.05, 0) is 38.5 Å². The molecule has 18 heavy (non-hydrogen) atoms. The van der Waals surface area contributed by atoms with Gasteiger partial charge >= 0.3 is 0 Å². The molecule has 2 atom stereocenters. The molecule has 0 aromatic rings. The van der Waals surface area contributed by atoms with Crippen molar-refractivity contribution in [2.45, 2.75) is 76.0 Å². The number of rotatable bonds is 3. The molecule has 1 aliphatic carbocycles. The van der Waals surface area contributed by atoms with Crippen molar-refractivity contribution >= 4 is 0 Å². The van der Waals surface area contributed by atoms with E-state index in [9.17, 15) is 10.2 Å². The predicted octanol–water partition coefficient (Wildman–Crippen LogP) is 1.92. The maximum Gasteiger partial charge on any atom is 0.0570 e. The first-order valence-electron chi connectivity index (χ1n) is 7.77. The molecule has 0 aromatic carbocycles. The Morgan fingerprint density at radius 1 is 1.00 bits per heavy atom. The van der Waals surface area contributed by atoms with E-state index in [2.05, 4.69) is 4.90 Å². The van der Waals surface area contributed by atoms with E-state index in [-0.39, 0.29) is 11.5 Å². The van der Waals surface area contributed by atoms with E-state index < -0.39 is 0 Å². The molecular weight excluding hydrogens is 226 g/mol. The first-order chi connectivity index (χ1) is 8.72. The Kier molecular flexibility index (Phi) is 3.65. The highest BCUT2D eigenvalue weighted by atomic mass is 16.3. The molecular formula is C15H27NO2. The smallest absolute Gasteiger partial charge is 0.0570 e. The molecule has 3 rings (SSSR count). The zero-order valence-electron chi connectivity index (χ0n) is 11.4. The van der Waals surface area contributed by atoms with Crippen LogP contribution in [0, 0.1) is 5.41 Å². The number of hydrogen-bond donors (Lipinski definition) is 2. The second-order valence-corrected chi connectivity index (χ2v) is 6.90. The quantitative estimate of drug-likeness (QED) is 0.807. The van der Waals surface area contributed by atoms with Gasteiger partial charge in [-0.3, -0.25) is 4.90 Å². The van der Waals surface area contributed by atoms with Crippen molar-refractivity contribution < 1.29 is 10.2 Å². The molecule has 2 bridgehead atoms. The minimum absolute atomic E-state index is 0.0739. The van der Waals surface area contributed by atoms with Crippen LogP contribution in [-0.4, -0.2) is 46.5 Å². The minimum Gasteiger partial charge on any atom is -0.396 e. The predicted molar refractivity (Wildman–Crippen MR) is 71.4 cm³/mol. The normalized spacial score (nSPS) is 40.0. The SMILES string of the molecule is OCC1(CN2C3CCC2CC(O)C3)CCCCC1. The summed E-state index contributed by atoms with van der Waals surface area (Å²) in [7, 11) is 0. The first kappa shape index (κ1) is 12.9. The summed E-state index contributed by atoms with van der Waals surface area (Å²) < 4.78 is 0. The van der Waals surface area contributed by atoms with Gasteiger partial charge in [0.15, 0.2) is 0 Å². The van der Waals surface area contributed by atoms with Crippen LogP contribution >= 0.6 is 0 Å². The fraction of sp³-hybridized carbons (Fsp3) is 1.00. The number of aliphatic hydroxyl groups is 2. The standard InChI is InChI=1S/C15H27NO2/c17-11-15(6-2-1-3-7-15)10-16-12-4-5-13(16)9-14(18)8-12/h12-14,17-18H,1-11H2. The molecule has 0 aromatic heterocycles. The molecule has 2 aliphatic heterocycles. The highest BCUT2D eigenvalue weighted by Crippen LogP contribution is 2.42. The van der Waals surface area contributed by atoms with Gasteiger partial charge in [0.05, 0.1) is 6.10 Å². The molecule has 3 heteroatoms. The third-order valence-electron chi connectivity index (χ3n) is 5.63. The Labute approximate surface area is 110 Å². The van der Waals surface area contributed by atoms with Crippen molar-refractivity contribution in [1.29, 1.82) is 0 Å². The first-order valence-corrected chi connectivity index (χ1v) is 7.77. The Morgan fingerprint density at radius 2 is 1.61 bits per heavy atom. The lowest BCUT2D eigenvalue weighted by atomic mass is 9.73. The molecule has 2 N–H and O–H groups in total. The summed E-state index contributed by atoms with van der Waals surface area (Å²) >= 11 is 0. The number of nitrogens with zero attached hydrogens (tertiary/aromatic N) is 1. The maximum absolute atomic E-state index is 9.86. The molecule has 3 fully saturated rings. The fourth-order valence-corrected chi connectivity index (χ4v) is 4.56. The molecule has 1 saturated carbocycles. The van der Waals surface area contributed by atoms with E-state index in [4.69, 9.17) is 0 Å². The van der Waals surface area contributed by atoms with Crippen molar-refractivity contribution in [3.8, 4) is 0 Å². The van der Waals surface area contributed by atoms with Crippen LogP contribution in [0.4, 0.5) is 0 Å². The molecule has 104 valence electrons. The zero-order chi connectivity index (χ0) is 12.6. The Balaban J connectivity index is 1.68. The summed E-state index contributed by atoms with van der Waals surface area (Å²) in [5.74, 6) is 0. The van der Waals surface area contributed by atoms with Gasteiger partial charge in [-0.25, -0.2) is 0 Å².